The van der Waals surface area contributed by atoms with Gasteiger partial charge in [0.25, 0.3) is 0 Å². The molecule has 110 valence electrons. The molecule has 0 amide bonds. The van der Waals surface area contributed by atoms with E-state index < -0.39 is 0 Å². The van der Waals surface area contributed by atoms with E-state index in [-0.39, 0.29) is 5.54 Å². The Morgan fingerprint density at radius 2 is 2.32 bits per heavy atom. The van der Waals surface area contributed by atoms with Gasteiger partial charge in [-0.2, -0.15) is 0 Å². The van der Waals surface area contributed by atoms with Crippen molar-refractivity contribution in [1.29, 1.82) is 0 Å². The van der Waals surface area contributed by atoms with Gasteiger partial charge in [-0.3, -0.25) is 4.90 Å². The summed E-state index contributed by atoms with van der Waals surface area (Å²) in [5.41, 5.74) is 7.29. The maximum absolute atomic E-state index is 6.09. The van der Waals surface area contributed by atoms with Crippen molar-refractivity contribution in [3.8, 4) is 0 Å². The lowest BCUT2D eigenvalue weighted by atomic mass is 9.85. The Hall–Kier alpha value is -0.420. The van der Waals surface area contributed by atoms with Crippen molar-refractivity contribution < 1.29 is 4.74 Å². The van der Waals surface area contributed by atoms with Crippen molar-refractivity contribution in [1.82, 2.24) is 10.2 Å². The van der Waals surface area contributed by atoms with Gasteiger partial charge in [-0.15, -0.1) is 0 Å². The Morgan fingerprint density at radius 1 is 1.47 bits per heavy atom. The second-order valence-corrected chi connectivity index (χ2v) is 6.09. The van der Waals surface area contributed by atoms with Gasteiger partial charge in [-0.05, 0) is 32.7 Å². The van der Waals surface area contributed by atoms with Crippen LogP contribution >= 0.6 is 0 Å². The summed E-state index contributed by atoms with van der Waals surface area (Å²) in [7, 11) is 0. The molecule has 0 radical (unpaired) electrons. The summed E-state index contributed by atoms with van der Waals surface area (Å²) in [6.07, 6.45) is 5.15. The van der Waals surface area contributed by atoms with E-state index in [9.17, 15) is 0 Å². The quantitative estimate of drug-likeness (QED) is 0.536. The van der Waals surface area contributed by atoms with Crippen LogP contribution in [0.3, 0.4) is 0 Å². The van der Waals surface area contributed by atoms with Crippen LogP contribution in [-0.4, -0.2) is 55.9 Å². The van der Waals surface area contributed by atoms with Crippen molar-refractivity contribution in [3.63, 3.8) is 0 Å². The largest absolute Gasteiger partial charge is 0.376 e. The topological polar surface area (TPSA) is 50.5 Å². The van der Waals surface area contributed by atoms with Gasteiger partial charge in [0, 0.05) is 31.2 Å². The number of nitrogens with zero attached hydrogens (tertiary/aromatic N) is 1. The number of ether oxygens (including phenoxy) is 1. The highest BCUT2D eigenvalue weighted by molar-refractivity contribution is 5.07. The van der Waals surface area contributed by atoms with Crippen molar-refractivity contribution in [2.45, 2.75) is 44.2 Å². The van der Waals surface area contributed by atoms with E-state index in [0.29, 0.717) is 12.6 Å². The maximum atomic E-state index is 6.09. The molecule has 2 heterocycles. The first-order valence-corrected chi connectivity index (χ1v) is 7.59. The van der Waals surface area contributed by atoms with Crippen molar-refractivity contribution in [2.24, 2.45) is 5.73 Å². The van der Waals surface area contributed by atoms with Crippen molar-refractivity contribution in [2.75, 3.05) is 39.4 Å². The molecular weight excluding hydrogens is 238 g/mol. The molecule has 2 saturated heterocycles. The number of hydrogen-bond acceptors (Lipinski definition) is 4. The van der Waals surface area contributed by atoms with Crippen LogP contribution in [0.25, 0.3) is 0 Å². The summed E-state index contributed by atoms with van der Waals surface area (Å²) in [6, 6.07) is 0.632. The van der Waals surface area contributed by atoms with Gasteiger partial charge in [-0.1, -0.05) is 18.6 Å². The van der Waals surface area contributed by atoms with E-state index in [1.807, 2.05) is 6.92 Å². The average molecular weight is 267 g/mol. The fourth-order valence-corrected chi connectivity index (χ4v) is 3.53. The fraction of sp³-hybridized carbons (Fsp3) is 0.867. The lowest BCUT2D eigenvalue weighted by molar-refractivity contribution is 0.119. The lowest BCUT2D eigenvalue weighted by Crippen LogP contribution is -2.60. The van der Waals surface area contributed by atoms with Gasteiger partial charge in [0.1, 0.15) is 0 Å². The predicted octanol–water partition coefficient (Wildman–Crippen LogP) is 1.12. The summed E-state index contributed by atoms with van der Waals surface area (Å²) < 4.78 is 5.56. The van der Waals surface area contributed by atoms with Crippen molar-refractivity contribution in [3.05, 3.63) is 12.2 Å². The minimum Gasteiger partial charge on any atom is -0.376 e. The van der Waals surface area contributed by atoms with E-state index in [2.05, 4.69) is 16.8 Å². The number of piperidine rings is 1. The Morgan fingerprint density at radius 3 is 3.05 bits per heavy atom. The molecule has 2 unspecified atom stereocenters. The van der Waals surface area contributed by atoms with Crippen LogP contribution in [0.5, 0.6) is 0 Å². The molecule has 4 heteroatoms. The van der Waals surface area contributed by atoms with Crippen LogP contribution in [0.15, 0.2) is 12.2 Å². The number of nitrogens with one attached hydrogen (secondary N) is 1. The molecule has 0 spiro atoms. The maximum Gasteiger partial charge on any atom is 0.0672 e. The Balaban J connectivity index is 1.80. The van der Waals surface area contributed by atoms with Crippen LogP contribution in [0, 0.1) is 0 Å². The van der Waals surface area contributed by atoms with E-state index in [4.69, 9.17) is 10.5 Å². The lowest BCUT2D eigenvalue weighted by Gasteiger charge is -2.41. The third-order valence-corrected chi connectivity index (χ3v) is 4.53. The van der Waals surface area contributed by atoms with Gasteiger partial charge < -0.3 is 15.8 Å². The second-order valence-electron chi connectivity index (χ2n) is 6.09. The molecule has 4 nitrogen and oxygen atoms in total. The summed E-state index contributed by atoms with van der Waals surface area (Å²) in [6.45, 7) is 11.3. The van der Waals surface area contributed by atoms with Crippen LogP contribution in [-0.2, 0) is 4.74 Å². The first-order chi connectivity index (χ1) is 9.18. The summed E-state index contributed by atoms with van der Waals surface area (Å²) in [4.78, 5) is 2.62. The first kappa shape index (κ1) is 15.0. The van der Waals surface area contributed by atoms with Gasteiger partial charge in [0.15, 0.2) is 0 Å². The first-order valence-electron chi connectivity index (χ1n) is 7.59. The van der Waals surface area contributed by atoms with E-state index in [1.165, 1.54) is 38.8 Å². The van der Waals surface area contributed by atoms with E-state index in [1.54, 1.807) is 0 Å². The zero-order valence-corrected chi connectivity index (χ0v) is 12.3. The molecule has 2 aliphatic rings. The van der Waals surface area contributed by atoms with Gasteiger partial charge >= 0.3 is 0 Å². The highest BCUT2D eigenvalue weighted by Gasteiger charge is 2.46. The number of fused-ring (bicyclic) bond motifs is 1. The van der Waals surface area contributed by atoms with Crippen molar-refractivity contribution >= 4 is 0 Å². The van der Waals surface area contributed by atoms with Gasteiger partial charge in [-0.25, -0.2) is 0 Å². The fourth-order valence-electron chi connectivity index (χ4n) is 3.53. The Kier molecular flexibility index (Phi) is 5.39. The third kappa shape index (κ3) is 3.57. The summed E-state index contributed by atoms with van der Waals surface area (Å²) in [5.74, 6) is 0. The number of rotatable bonds is 7. The molecule has 0 aromatic carbocycles. The molecule has 2 atom stereocenters. The molecule has 0 bridgehead atoms. The molecule has 19 heavy (non-hydrogen) atoms. The minimum absolute atomic E-state index is 0.118. The van der Waals surface area contributed by atoms with Gasteiger partial charge in [0.05, 0.1) is 13.2 Å². The number of nitrogens with two attached hydrogens (primary N) is 1. The standard InChI is InChI=1S/C15H29N3O/c1-13(2)11-19-10-7-17-15(12-16)6-9-18-8-4-3-5-14(15)18/h14,17H,1,3-12,16H2,2H3. The third-order valence-electron chi connectivity index (χ3n) is 4.53. The average Bonchev–Trinajstić information content (AvgIpc) is 2.78. The molecule has 2 aliphatic heterocycles. The summed E-state index contributed by atoms with van der Waals surface area (Å²) in [5, 5.41) is 3.70. The zero-order valence-electron chi connectivity index (χ0n) is 12.3. The molecule has 0 saturated carbocycles. The van der Waals surface area contributed by atoms with E-state index in [0.717, 1.165) is 25.3 Å². The molecule has 3 N–H and O–H groups in total. The predicted molar refractivity (Wildman–Crippen MR) is 79.3 cm³/mol. The molecule has 2 rings (SSSR count). The zero-order chi connectivity index (χ0) is 13.7. The Bertz CT molecular complexity index is 308. The van der Waals surface area contributed by atoms with Gasteiger partial charge in [0.2, 0.25) is 0 Å². The van der Waals surface area contributed by atoms with Crippen LogP contribution in [0.4, 0.5) is 0 Å². The SMILES string of the molecule is C=C(C)COCCNC1(CN)CCN2CCCCC21. The van der Waals surface area contributed by atoms with Crippen LogP contribution < -0.4 is 11.1 Å². The van der Waals surface area contributed by atoms with Crippen LogP contribution in [0.2, 0.25) is 0 Å². The number of hydrogen-bond donors (Lipinski definition) is 2. The minimum atomic E-state index is 0.118. The monoisotopic (exact) mass is 267 g/mol. The molecule has 2 fully saturated rings. The Labute approximate surface area is 117 Å². The smallest absolute Gasteiger partial charge is 0.0672 e. The normalized spacial score (nSPS) is 31.4. The molecule has 0 aliphatic carbocycles. The van der Waals surface area contributed by atoms with Crippen LogP contribution in [0.1, 0.15) is 32.6 Å². The molecule has 0 aromatic heterocycles. The molecular formula is C15H29N3O. The highest BCUT2D eigenvalue weighted by atomic mass is 16.5. The molecule has 0 aromatic rings. The summed E-state index contributed by atoms with van der Waals surface area (Å²) >= 11 is 0. The second kappa shape index (κ2) is 6.84. The highest BCUT2D eigenvalue weighted by Crippen LogP contribution is 2.34. The van der Waals surface area contributed by atoms with E-state index >= 15 is 0 Å².